The molecule has 0 spiro atoms. The lowest BCUT2D eigenvalue weighted by atomic mass is 9.68. The predicted octanol–water partition coefficient (Wildman–Crippen LogP) is 3.54. The molecule has 1 nitrogen and oxygen atoms in total. The van der Waals surface area contributed by atoms with Crippen molar-refractivity contribution in [3.63, 3.8) is 0 Å². The van der Waals surface area contributed by atoms with E-state index in [1.807, 2.05) is 6.92 Å². The zero-order valence-corrected chi connectivity index (χ0v) is 10.8. The van der Waals surface area contributed by atoms with Gasteiger partial charge >= 0.3 is 0 Å². The van der Waals surface area contributed by atoms with Crippen LogP contribution in [0.1, 0.15) is 52.4 Å². The van der Waals surface area contributed by atoms with Crippen LogP contribution in [0.25, 0.3) is 0 Å². The van der Waals surface area contributed by atoms with Crippen LogP contribution in [0.4, 0.5) is 4.39 Å². The molecule has 0 aromatic heterocycles. The lowest BCUT2D eigenvalue weighted by Gasteiger charge is -2.42. The third-order valence-corrected chi connectivity index (χ3v) is 4.83. The van der Waals surface area contributed by atoms with E-state index in [0.29, 0.717) is 5.92 Å². The summed E-state index contributed by atoms with van der Waals surface area (Å²) in [4.78, 5) is 0. The van der Waals surface area contributed by atoms with Crippen molar-refractivity contribution in [3.05, 3.63) is 0 Å². The van der Waals surface area contributed by atoms with Crippen molar-refractivity contribution in [1.29, 1.82) is 0 Å². The maximum atomic E-state index is 15.0. The molecule has 2 aliphatic rings. The van der Waals surface area contributed by atoms with Gasteiger partial charge in [-0.25, -0.2) is 4.39 Å². The zero-order valence-electron chi connectivity index (χ0n) is 10.8. The van der Waals surface area contributed by atoms with Crippen molar-refractivity contribution in [2.24, 2.45) is 17.8 Å². The van der Waals surface area contributed by atoms with Crippen molar-refractivity contribution >= 4 is 0 Å². The fraction of sp³-hybridized carbons (Fsp3) is 1.00. The lowest BCUT2D eigenvalue weighted by Crippen LogP contribution is -2.47. The summed E-state index contributed by atoms with van der Waals surface area (Å²) in [5.74, 6) is 1.28. The van der Waals surface area contributed by atoms with E-state index in [-0.39, 0.29) is 5.92 Å². The minimum atomic E-state index is -0.942. The quantitative estimate of drug-likeness (QED) is 0.761. The zero-order chi connectivity index (χ0) is 11.6. The summed E-state index contributed by atoms with van der Waals surface area (Å²) < 4.78 is 15.0. The topological polar surface area (TPSA) is 12.0 Å². The van der Waals surface area contributed by atoms with E-state index >= 15 is 0 Å². The lowest BCUT2D eigenvalue weighted by molar-refractivity contribution is -0.00428. The molecule has 16 heavy (non-hydrogen) atoms. The number of rotatable bonds is 2. The second-order valence-corrected chi connectivity index (χ2v) is 6.16. The number of piperidine rings is 1. The minimum Gasteiger partial charge on any atom is -0.316 e. The molecule has 4 atom stereocenters. The van der Waals surface area contributed by atoms with Gasteiger partial charge in [-0.15, -0.1) is 0 Å². The summed E-state index contributed by atoms with van der Waals surface area (Å²) in [6.07, 6.45) is 6.95. The van der Waals surface area contributed by atoms with Crippen LogP contribution in [0.15, 0.2) is 0 Å². The highest BCUT2D eigenvalue weighted by Gasteiger charge is 2.43. The number of alkyl halides is 1. The van der Waals surface area contributed by atoms with Gasteiger partial charge in [0.25, 0.3) is 0 Å². The van der Waals surface area contributed by atoms with Gasteiger partial charge in [-0.3, -0.25) is 0 Å². The number of hydrogen-bond donors (Lipinski definition) is 1. The number of nitrogens with one attached hydrogen (secondary N) is 1. The fourth-order valence-electron chi connectivity index (χ4n) is 3.61. The molecular formula is C14H26FN. The summed E-state index contributed by atoms with van der Waals surface area (Å²) >= 11 is 0. The van der Waals surface area contributed by atoms with Crippen LogP contribution in [0.3, 0.4) is 0 Å². The number of halogens is 1. The minimum absolute atomic E-state index is 0.247. The van der Waals surface area contributed by atoms with Crippen LogP contribution in [0, 0.1) is 17.8 Å². The first-order valence-electron chi connectivity index (χ1n) is 7.00. The van der Waals surface area contributed by atoms with E-state index in [1.165, 1.54) is 12.8 Å². The van der Waals surface area contributed by atoms with Gasteiger partial charge < -0.3 is 5.32 Å². The normalized spacial score (nSPS) is 40.3. The molecule has 1 saturated heterocycles. The Morgan fingerprint density at radius 2 is 1.88 bits per heavy atom. The average molecular weight is 227 g/mol. The van der Waals surface area contributed by atoms with Crippen molar-refractivity contribution in [3.8, 4) is 0 Å². The maximum Gasteiger partial charge on any atom is 0.115 e. The summed E-state index contributed by atoms with van der Waals surface area (Å²) in [7, 11) is 0. The van der Waals surface area contributed by atoms with Crippen molar-refractivity contribution in [1.82, 2.24) is 5.32 Å². The summed E-state index contributed by atoms with van der Waals surface area (Å²) in [6.45, 7) is 6.11. The van der Waals surface area contributed by atoms with Gasteiger partial charge in [0.2, 0.25) is 0 Å². The summed E-state index contributed by atoms with van der Waals surface area (Å²) in [5.41, 5.74) is -0.942. The van der Waals surface area contributed by atoms with Crippen molar-refractivity contribution in [2.45, 2.75) is 58.0 Å². The van der Waals surface area contributed by atoms with Gasteiger partial charge in [0.15, 0.2) is 0 Å². The third-order valence-electron chi connectivity index (χ3n) is 4.83. The van der Waals surface area contributed by atoms with Gasteiger partial charge in [-0.2, -0.15) is 0 Å². The predicted molar refractivity (Wildman–Crippen MR) is 66.2 cm³/mol. The molecule has 0 radical (unpaired) electrons. The average Bonchev–Trinajstić information content (AvgIpc) is 2.30. The van der Waals surface area contributed by atoms with Gasteiger partial charge in [-0.1, -0.05) is 19.8 Å². The fourth-order valence-corrected chi connectivity index (χ4v) is 3.61. The van der Waals surface area contributed by atoms with Crippen LogP contribution in [-0.4, -0.2) is 18.8 Å². The van der Waals surface area contributed by atoms with Crippen molar-refractivity contribution in [2.75, 3.05) is 13.1 Å². The van der Waals surface area contributed by atoms with Crippen LogP contribution in [0.2, 0.25) is 0 Å². The van der Waals surface area contributed by atoms with E-state index in [1.54, 1.807) is 0 Å². The molecule has 4 unspecified atom stereocenters. The van der Waals surface area contributed by atoms with E-state index in [2.05, 4.69) is 12.2 Å². The van der Waals surface area contributed by atoms with Gasteiger partial charge in [-0.05, 0) is 51.0 Å². The van der Waals surface area contributed by atoms with Gasteiger partial charge in [0, 0.05) is 12.5 Å². The van der Waals surface area contributed by atoms with Gasteiger partial charge in [0.1, 0.15) is 5.67 Å². The molecule has 1 aliphatic heterocycles. The summed E-state index contributed by atoms with van der Waals surface area (Å²) in [6, 6.07) is 0. The van der Waals surface area contributed by atoms with E-state index in [9.17, 15) is 4.39 Å². The first-order valence-corrected chi connectivity index (χ1v) is 7.00. The Morgan fingerprint density at radius 3 is 2.50 bits per heavy atom. The molecule has 1 saturated carbocycles. The molecule has 2 heteroatoms. The Labute approximate surface area is 99.2 Å². The standard InChI is InChI=1S/C14H26FN/c1-11-5-3-6-12(9-11)14(2,15)13-7-4-8-16-10-13/h11-13,16H,3-10H2,1-2H3. The Bertz CT molecular complexity index is 221. The maximum absolute atomic E-state index is 15.0. The summed E-state index contributed by atoms with van der Waals surface area (Å²) in [5, 5.41) is 3.35. The van der Waals surface area contributed by atoms with Crippen LogP contribution >= 0.6 is 0 Å². The van der Waals surface area contributed by atoms with E-state index < -0.39 is 5.67 Å². The molecule has 0 aromatic rings. The van der Waals surface area contributed by atoms with Crippen molar-refractivity contribution < 1.29 is 4.39 Å². The van der Waals surface area contributed by atoms with E-state index in [0.717, 1.165) is 44.7 Å². The SMILES string of the molecule is CC1CCCC(C(C)(F)C2CCCNC2)C1. The van der Waals surface area contributed by atoms with Crippen LogP contribution < -0.4 is 5.32 Å². The highest BCUT2D eigenvalue weighted by atomic mass is 19.1. The van der Waals surface area contributed by atoms with Gasteiger partial charge in [0.05, 0.1) is 0 Å². The first kappa shape index (κ1) is 12.3. The molecule has 0 aromatic carbocycles. The molecule has 1 N–H and O–H groups in total. The smallest absolute Gasteiger partial charge is 0.115 e. The van der Waals surface area contributed by atoms with Crippen LogP contribution in [0.5, 0.6) is 0 Å². The molecular weight excluding hydrogens is 201 g/mol. The highest BCUT2D eigenvalue weighted by molar-refractivity contribution is 4.93. The Morgan fingerprint density at radius 1 is 1.12 bits per heavy atom. The van der Waals surface area contributed by atoms with E-state index in [4.69, 9.17) is 0 Å². The molecule has 94 valence electrons. The largest absolute Gasteiger partial charge is 0.316 e. The molecule has 2 rings (SSSR count). The third kappa shape index (κ3) is 2.58. The first-order chi connectivity index (χ1) is 7.60. The molecule has 1 aliphatic carbocycles. The highest BCUT2D eigenvalue weighted by Crippen LogP contribution is 2.43. The molecule has 1 heterocycles. The molecule has 0 amide bonds. The second kappa shape index (κ2) is 5.03. The molecule has 0 bridgehead atoms. The Balaban J connectivity index is 1.98. The number of hydrogen-bond acceptors (Lipinski definition) is 1. The molecule has 2 fully saturated rings. The Kier molecular flexibility index (Phi) is 3.89. The van der Waals surface area contributed by atoms with Crippen LogP contribution in [-0.2, 0) is 0 Å². The monoisotopic (exact) mass is 227 g/mol. The Hall–Kier alpha value is -0.110. The second-order valence-electron chi connectivity index (χ2n) is 6.16.